The zero-order valence-corrected chi connectivity index (χ0v) is 10.1. The fourth-order valence-electron chi connectivity index (χ4n) is 1.23. The van der Waals surface area contributed by atoms with Gasteiger partial charge in [-0.15, -0.1) is 11.3 Å². The van der Waals surface area contributed by atoms with Crippen LogP contribution in [0.1, 0.15) is 11.4 Å². The van der Waals surface area contributed by atoms with E-state index < -0.39 is 19.4 Å². The van der Waals surface area contributed by atoms with Crippen LogP contribution >= 0.6 is 11.3 Å². The van der Waals surface area contributed by atoms with Crippen molar-refractivity contribution in [3.63, 3.8) is 0 Å². The lowest BCUT2D eigenvalue weighted by Crippen LogP contribution is -2.16. The zero-order chi connectivity index (χ0) is 13.9. The van der Waals surface area contributed by atoms with Gasteiger partial charge in [-0.05, 0) is 11.4 Å². The summed E-state index contributed by atoms with van der Waals surface area (Å²) in [5.41, 5.74) is 0.372. The van der Waals surface area contributed by atoms with E-state index in [1.165, 1.54) is 11.3 Å². The molecule has 0 N–H and O–H groups in total. The predicted octanol–water partition coefficient (Wildman–Crippen LogP) is 2.75. The van der Waals surface area contributed by atoms with Gasteiger partial charge >= 0.3 is 6.18 Å². The molecule has 0 aliphatic carbocycles. The average molecular weight is 289 g/mol. The van der Waals surface area contributed by atoms with Crippen molar-refractivity contribution in [1.82, 2.24) is 10.1 Å². The molecule has 2 rings (SSSR count). The second-order valence-electron chi connectivity index (χ2n) is 3.40. The molecule has 19 heavy (non-hydrogen) atoms. The molecule has 0 amide bonds. The Hall–Kier alpha value is -1.92. The first-order chi connectivity index (χ1) is 8.99. The highest BCUT2D eigenvalue weighted by molar-refractivity contribution is 7.13. The summed E-state index contributed by atoms with van der Waals surface area (Å²) in [6, 6.07) is 3.54. The lowest BCUT2D eigenvalue weighted by atomic mass is 10.3. The van der Waals surface area contributed by atoms with Gasteiger partial charge in [0.05, 0.1) is 5.56 Å². The van der Waals surface area contributed by atoms with Crippen molar-refractivity contribution in [2.75, 3.05) is 6.61 Å². The first-order valence-electron chi connectivity index (χ1n) is 4.94. The van der Waals surface area contributed by atoms with Crippen molar-refractivity contribution in [2.24, 2.45) is 0 Å². The summed E-state index contributed by atoms with van der Waals surface area (Å²) in [7, 11) is 0. The maximum atomic E-state index is 11.9. The average Bonchev–Trinajstić information content (AvgIpc) is 2.93. The van der Waals surface area contributed by atoms with Crippen molar-refractivity contribution >= 4 is 11.3 Å². The number of halogens is 3. The normalized spacial score (nSPS) is 11.5. The number of aromatic nitrogens is 2. The second kappa shape index (κ2) is 5.38. The van der Waals surface area contributed by atoms with E-state index in [-0.39, 0.29) is 11.7 Å². The summed E-state index contributed by atoms with van der Waals surface area (Å²) in [5.74, 6) is 0.0914. The van der Waals surface area contributed by atoms with Crippen LogP contribution < -0.4 is 0 Å². The van der Waals surface area contributed by atoms with Gasteiger partial charge in [-0.2, -0.15) is 23.4 Å². The standard InChI is InChI=1S/C10H6F3N3O2S/c11-10(12,13)5-17-4-7-15-9(18-16-7)8-6(3-14)1-2-19-8/h1-2H,4-5H2. The van der Waals surface area contributed by atoms with E-state index >= 15 is 0 Å². The fraction of sp³-hybridized carbons (Fsp3) is 0.300. The van der Waals surface area contributed by atoms with Crippen LogP contribution in [0.15, 0.2) is 16.0 Å². The van der Waals surface area contributed by atoms with Gasteiger partial charge in [0.2, 0.25) is 0 Å². The molecule has 0 spiro atoms. The Labute approximate surface area is 109 Å². The molecule has 0 radical (unpaired) electrons. The first-order valence-corrected chi connectivity index (χ1v) is 5.82. The molecular weight excluding hydrogens is 283 g/mol. The van der Waals surface area contributed by atoms with Crippen LogP contribution in [-0.2, 0) is 11.3 Å². The molecule has 0 unspecified atom stereocenters. The summed E-state index contributed by atoms with van der Waals surface area (Å²) < 4.78 is 44.9. The number of hydrogen-bond donors (Lipinski definition) is 0. The molecule has 0 saturated heterocycles. The fourth-order valence-corrected chi connectivity index (χ4v) is 1.99. The quantitative estimate of drug-likeness (QED) is 0.865. The van der Waals surface area contributed by atoms with Gasteiger partial charge in [-0.1, -0.05) is 5.16 Å². The van der Waals surface area contributed by atoms with E-state index in [4.69, 9.17) is 9.78 Å². The Morgan fingerprint density at radius 3 is 2.95 bits per heavy atom. The molecular formula is C10H6F3N3O2S. The summed E-state index contributed by atoms with van der Waals surface area (Å²) in [4.78, 5) is 4.35. The van der Waals surface area contributed by atoms with Crippen molar-refractivity contribution in [3.05, 3.63) is 22.8 Å². The summed E-state index contributed by atoms with van der Waals surface area (Å²) in [6.45, 7) is -1.78. The van der Waals surface area contributed by atoms with Crippen molar-refractivity contribution < 1.29 is 22.4 Å². The van der Waals surface area contributed by atoms with Crippen LogP contribution in [0, 0.1) is 11.3 Å². The first kappa shape index (κ1) is 13.5. The molecule has 2 aromatic heterocycles. The highest BCUT2D eigenvalue weighted by atomic mass is 32.1. The molecule has 0 aliphatic heterocycles. The molecule has 0 fully saturated rings. The Morgan fingerprint density at radius 1 is 1.47 bits per heavy atom. The highest BCUT2D eigenvalue weighted by Crippen LogP contribution is 2.27. The molecule has 5 nitrogen and oxygen atoms in total. The Bertz CT molecular complexity index is 600. The minimum atomic E-state index is -4.39. The van der Waals surface area contributed by atoms with Crippen LogP contribution in [0.25, 0.3) is 10.8 Å². The number of rotatable bonds is 4. The van der Waals surface area contributed by atoms with Gasteiger partial charge in [0.1, 0.15) is 24.2 Å². The van der Waals surface area contributed by atoms with E-state index in [9.17, 15) is 13.2 Å². The number of ether oxygens (including phenoxy) is 1. The lowest BCUT2D eigenvalue weighted by molar-refractivity contribution is -0.177. The van der Waals surface area contributed by atoms with Crippen LogP contribution in [-0.4, -0.2) is 22.9 Å². The number of alkyl halides is 3. The molecule has 0 aliphatic rings. The summed E-state index contributed by atoms with van der Waals surface area (Å²) >= 11 is 1.23. The molecule has 0 saturated carbocycles. The van der Waals surface area contributed by atoms with E-state index in [2.05, 4.69) is 14.9 Å². The monoisotopic (exact) mass is 289 g/mol. The molecule has 100 valence electrons. The van der Waals surface area contributed by atoms with Gasteiger partial charge in [0.15, 0.2) is 5.82 Å². The van der Waals surface area contributed by atoms with Gasteiger partial charge in [-0.3, -0.25) is 0 Å². The van der Waals surface area contributed by atoms with E-state index in [0.29, 0.717) is 10.4 Å². The smallest absolute Gasteiger partial charge is 0.364 e. The van der Waals surface area contributed by atoms with Crippen LogP contribution in [0.2, 0.25) is 0 Å². The third-order valence-corrected chi connectivity index (χ3v) is 2.85. The molecule has 0 aromatic carbocycles. The zero-order valence-electron chi connectivity index (χ0n) is 9.27. The van der Waals surface area contributed by atoms with Gasteiger partial charge in [0, 0.05) is 0 Å². The maximum Gasteiger partial charge on any atom is 0.411 e. The highest BCUT2D eigenvalue weighted by Gasteiger charge is 2.27. The minimum Gasteiger partial charge on any atom is -0.364 e. The third kappa shape index (κ3) is 3.52. The van der Waals surface area contributed by atoms with Crippen LogP contribution in [0.5, 0.6) is 0 Å². The molecule has 0 bridgehead atoms. The Kier molecular flexibility index (Phi) is 3.82. The largest absolute Gasteiger partial charge is 0.411 e. The van der Waals surface area contributed by atoms with Gasteiger partial charge in [-0.25, -0.2) is 0 Å². The summed E-state index contributed by atoms with van der Waals surface area (Å²) in [5, 5.41) is 14.0. The molecule has 9 heteroatoms. The van der Waals surface area contributed by atoms with Gasteiger partial charge in [0.25, 0.3) is 5.89 Å². The van der Waals surface area contributed by atoms with E-state index in [0.717, 1.165) is 0 Å². The third-order valence-electron chi connectivity index (χ3n) is 1.94. The summed E-state index contributed by atoms with van der Waals surface area (Å²) in [6.07, 6.45) is -4.39. The lowest BCUT2D eigenvalue weighted by Gasteiger charge is -2.04. The second-order valence-corrected chi connectivity index (χ2v) is 4.32. The van der Waals surface area contributed by atoms with E-state index in [1.54, 1.807) is 11.4 Å². The SMILES string of the molecule is N#Cc1ccsc1-c1nc(COCC(F)(F)F)no1. The van der Waals surface area contributed by atoms with Crippen molar-refractivity contribution in [2.45, 2.75) is 12.8 Å². The number of hydrogen-bond acceptors (Lipinski definition) is 6. The van der Waals surface area contributed by atoms with Gasteiger partial charge < -0.3 is 9.26 Å². The van der Waals surface area contributed by atoms with Crippen molar-refractivity contribution in [3.8, 4) is 16.8 Å². The molecule has 2 aromatic rings. The number of nitrogens with zero attached hydrogens (tertiary/aromatic N) is 3. The Morgan fingerprint density at radius 2 is 2.26 bits per heavy atom. The maximum absolute atomic E-state index is 11.9. The number of nitriles is 1. The molecule has 0 atom stereocenters. The van der Waals surface area contributed by atoms with Crippen LogP contribution in [0.3, 0.4) is 0 Å². The molecule has 2 heterocycles. The number of thiophene rings is 1. The van der Waals surface area contributed by atoms with Crippen molar-refractivity contribution in [1.29, 1.82) is 5.26 Å². The van der Waals surface area contributed by atoms with Crippen LogP contribution in [0.4, 0.5) is 13.2 Å². The Balaban J connectivity index is 2.02. The minimum absolute atomic E-state index is 0.00320. The predicted molar refractivity (Wildman–Crippen MR) is 58.0 cm³/mol. The van der Waals surface area contributed by atoms with E-state index in [1.807, 2.05) is 6.07 Å². The topological polar surface area (TPSA) is 71.9 Å².